The van der Waals surface area contributed by atoms with Crippen molar-refractivity contribution in [1.82, 2.24) is 29.9 Å². The van der Waals surface area contributed by atoms with E-state index in [-0.39, 0.29) is 6.04 Å². The largest absolute Gasteiger partial charge is 0.313 e. The van der Waals surface area contributed by atoms with Crippen LogP contribution in [-0.4, -0.2) is 31.6 Å². The summed E-state index contributed by atoms with van der Waals surface area (Å²) in [5, 5.41) is 11.7. The molecule has 2 aromatic rings. The summed E-state index contributed by atoms with van der Waals surface area (Å²) in [5.41, 5.74) is 1.17. The van der Waals surface area contributed by atoms with E-state index in [1.807, 2.05) is 35.9 Å². The van der Waals surface area contributed by atoms with Gasteiger partial charge >= 0.3 is 0 Å². The van der Waals surface area contributed by atoms with Crippen LogP contribution in [0.15, 0.2) is 18.7 Å². The van der Waals surface area contributed by atoms with Gasteiger partial charge in [-0.25, -0.2) is 4.98 Å². The number of aromatic nitrogens is 5. The standard InChI is InChI=1S/C11H18N6/c1-4-17-11(13-8-15-17)5-10(12-2)9-6-14-16(3)7-9/h6-8,10,12H,4-5H2,1-3H3. The fourth-order valence-electron chi connectivity index (χ4n) is 1.90. The molecule has 0 amide bonds. The molecule has 0 bridgehead atoms. The van der Waals surface area contributed by atoms with Crippen molar-refractivity contribution in [3.05, 3.63) is 30.1 Å². The van der Waals surface area contributed by atoms with Gasteiger partial charge in [0.05, 0.1) is 6.20 Å². The fraction of sp³-hybridized carbons (Fsp3) is 0.545. The van der Waals surface area contributed by atoms with Crippen molar-refractivity contribution in [2.75, 3.05) is 7.05 Å². The molecule has 0 saturated carbocycles. The molecule has 17 heavy (non-hydrogen) atoms. The van der Waals surface area contributed by atoms with Gasteiger partial charge < -0.3 is 5.32 Å². The minimum Gasteiger partial charge on any atom is -0.313 e. The van der Waals surface area contributed by atoms with Gasteiger partial charge in [0.15, 0.2) is 0 Å². The molecule has 0 radical (unpaired) electrons. The van der Waals surface area contributed by atoms with E-state index in [0.717, 1.165) is 18.8 Å². The molecular weight excluding hydrogens is 216 g/mol. The highest BCUT2D eigenvalue weighted by Gasteiger charge is 2.15. The molecule has 2 aromatic heterocycles. The van der Waals surface area contributed by atoms with Gasteiger partial charge in [-0.15, -0.1) is 0 Å². The van der Waals surface area contributed by atoms with Crippen LogP contribution in [0.4, 0.5) is 0 Å². The normalized spacial score (nSPS) is 12.9. The lowest BCUT2D eigenvalue weighted by Crippen LogP contribution is -2.20. The van der Waals surface area contributed by atoms with E-state index < -0.39 is 0 Å². The Morgan fingerprint density at radius 2 is 2.24 bits per heavy atom. The third-order valence-corrected chi connectivity index (χ3v) is 2.86. The maximum atomic E-state index is 4.29. The maximum absolute atomic E-state index is 4.29. The van der Waals surface area contributed by atoms with Crippen molar-refractivity contribution < 1.29 is 0 Å². The van der Waals surface area contributed by atoms with Crippen LogP contribution in [0, 0.1) is 0 Å². The quantitative estimate of drug-likeness (QED) is 0.820. The molecule has 2 heterocycles. The molecule has 2 rings (SSSR count). The van der Waals surface area contributed by atoms with Crippen LogP contribution < -0.4 is 5.32 Å². The van der Waals surface area contributed by atoms with Gasteiger partial charge in [0.2, 0.25) is 0 Å². The molecule has 1 unspecified atom stereocenters. The van der Waals surface area contributed by atoms with Crippen molar-refractivity contribution >= 4 is 0 Å². The van der Waals surface area contributed by atoms with Crippen LogP contribution in [0.5, 0.6) is 0 Å². The van der Waals surface area contributed by atoms with Crippen molar-refractivity contribution in [3.63, 3.8) is 0 Å². The average molecular weight is 234 g/mol. The van der Waals surface area contributed by atoms with Crippen LogP contribution in [0.2, 0.25) is 0 Å². The van der Waals surface area contributed by atoms with E-state index >= 15 is 0 Å². The molecule has 6 nitrogen and oxygen atoms in total. The van der Waals surface area contributed by atoms with Gasteiger partial charge in [-0.3, -0.25) is 9.36 Å². The number of rotatable bonds is 5. The highest BCUT2D eigenvalue weighted by atomic mass is 15.3. The van der Waals surface area contributed by atoms with Gasteiger partial charge in [-0.05, 0) is 14.0 Å². The lowest BCUT2D eigenvalue weighted by Gasteiger charge is -2.14. The molecular formula is C11H18N6. The Bertz CT molecular complexity index is 472. The van der Waals surface area contributed by atoms with Crippen LogP contribution in [-0.2, 0) is 20.0 Å². The molecule has 92 valence electrons. The van der Waals surface area contributed by atoms with Gasteiger partial charge in [-0.1, -0.05) is 0 Å². The molecule has 6 heteroatoms. The Hall–Kier alpha value is -1.69. The summed E-state index contributed by atoms with van der Waals surface area (Å²) in [4.78, 5) is 4.29. The monoisotopic (exact) mass is 234 g/mol. The van der Waals surface area contributed by atoms with E-state index in [1.165, 1.54) is 5.56 Å². The minimum atomic E-state index is 0.221. The summed E-state index contributed by atoms with van der Waals surface area (Å²) in [7, 11) is 3.87. The molecule has 0 aromatic carbocycles. The molecule has 0 fully saturated rings. The smallest absolute Gasteiger partial charge is 0.138 e. The first-order valence-corrected chi connectivity index (χ1v) is 5.77. The summed E-state index contributed by atoms with van der Waals surface area (Å²) in [6.07, 6.45) is 6.33. The second kappa shape index (κ2) is 5.09. The van der Waals surface area contributed by atoms with E-state index in [0.29, 0.717) is 0 Å². The van der Waals surface area contributed by atoms with Crippen molar-refractivity contribution in [2.24, 2.45) is 7.05 Å². The molecule has 0 aliphatic carbocycles. The fourth-order valence-corrected chi connectivity index (χ4v) is 1.90. The number of aryl methyl sites for hydroxylation is 2. The molecule has 0 saturated heterocycles. The lowest BCUT2D eigenvalue weighted by molar-refractivity contribution is 0.533. The maximum Gasteiger partial charge on any atom is 0.138 e. The van der Waals surface area contributed by atoms with Crippen LogP contribution in [0.1, 0.15) is 24.4 Å². The summed E-state index contributed by atoms with van der Waals surface area (Å²) >= 11 is 0. The van der Waals surface area contributed by atoms with E-state index in [1.54, 1.807) is 6.33 Å². The predicted octanol–water partition coefficient (Wildman–Crippen LogP) is 0.535. The first-order chi connectivity index (χ1) is 8.24. The third-order valence-electron chi connectivity index (χ3n) is 2.86. The number of nitrogens with one attached hydrogen (secondary N) is 1. The van der Waals surface area contributed by atoms with Crippen molar-refractivity contribution in [1.29, 1.82) is 0 Å². The van der Waals surface area contributed by atoms with Crippen LogP contribution >= 0.6 is 0 Å². The summed E-state index contributed by atoms with van der Waals surface area (Å²) < 4.78 is 3.73. The van der Waals surface area contributed by atoms with E-state index in [4.69, 9.17) is 0 Å². The Morgan fingerprint density at radius 1 is 1.41 bits per heavy atom. The Kier molecular flexibility index (Phi) is 3.53. The number of nitrogens with zero attached hydrogens (tertiary/aromatic N) is 5. The van der Waals surface area contributed by atoms with Gasteiger partial charge in [0.25, 0.3) is 0 Å². The summed E-state index contributed by atoms with van der Waals surface area (Å²) in [6.45, 7) is 2.91. The zero-order valence-electron chi connectivity index (χ0n) is 10.5. The van der Waals surface area contributed by atoms with Crippen LogP contribution in [0.25, 0.3) is 0 Å². The Balaban J connectivity index is 2.15. The highest BCUT2D eigenvalue weighted by molar-refractivity contribution is 5.12. The van der Waals surface area contributed by atoms with Crippen LogP contribution in [0.3, 0.4) is 0 Å². The highest BCUT2D eigenvalue weighted by Crippen LogP contribution is 2.15. The van der Waals surface area contributed by atoms with Crippen molar-refractivity contribution in [2.45, 2.75) is 25.9 Å². The molecule has 0 aliphatic heterocycles. The lowest BCUT2D eigenvalue weighted by atomic mass is 10.1. The second-order valence-corrected chi connectivity index (χ2v) is 3.98. The molecule has 0 spiro atoms. The zero-order chi connectivity index (χ0) is 12.3. The number of hydrogen-bond donors (Lipinski definition) is 1. The number of likely N-dealkylation sites (N-methyl/N-ethyl adjacent to an activating group) is 1. The van der Waals surface area contributed by atoms with E-state index in [2.05, 4.69) is 27.4 Å². The van der Waals surface area contributed by atoms with E-state index in [9.17, 15) is 0 Å². The Labute approximate surface area is 101 Å². The first kappa shape index (κ1) is 11.8. The molecule has 1 N–H and O–H groups in total. The summed E-state index contributed by atoms with van der Waals surface area (Å²) in [5.74, 6) is 0.996. The Morgan fingerprint density at radius 3 is 2.82 bits per heavy atom. The van der Waals surface area contributed by atoms with Gasteiger partial charge in [0, 0.05) is 37.8 Å². The third kappa shape index (κ3) is 2.52. The second-order valence-electron chi connectivity index (χ2n) is 3.98. The average Bonchev–Trinajstić information content (AvgIpc) is 2.94. The number of hydrogen-bond acceptors (Lipinski definition) is 4. The topological polar surface area (TPSA) is 60.6 Å². The summed E-state index contributed by atoms with van der Waals surface area (Å²) in [6, 6.07) is 0.221. The first-order valence-electron chi connectivity index (χ1n) is 5.77. The molecule has 0 aliphatic rings. The predicted molar refractivity (Wildman–Crippen MR) is 64.4 cm³/mol. The zero-order valence-corrected chi connectivity index (χ0v) is 10.5. The van der Waals surface area contributed by atoms with Crippen molar-refractivity contribution in [3.8, 4) is 0 Å². The minimum absolute atomic E-state index is 0.221. The molecule has 1 atom stereocenters. The van der Waals surface area contributed by atoms with Gasteiger partial charge in [-0.2, -0.15) is 10.2 Å². The SMILES string of the molecule is CCn1ncnc1CC(NC)c1cnn(C)c1. The van der Waals surface area contributed by atoms with Gasteiger partial charge in [0.1, 0.15) is 12.2 Å².